The van der Waals surface area contributed by atoms with E-state index in [1.54, 1.807) is 0 Å². The van der Waals surface area contributed by atoms with Crippen LogP contribution >= 0.6 is 0 Å². The number of benzene rings is 1. The predicted octanol–water partition coefficient (Wildman–Crippen LogP) is 2.67. The summed E-state index contributed by atoms with van der Waals surface area (Å²) in [5.74, 6) is 0. The van der Waals surface area contributed by atoms with Crippen LogP contribution in [0, 0.1) is 0 Å². The largest absolute Gasteiger partial charge is 0.361 e. The molecule has 1 amide bonds. The van der Waals surface area contributed by atoms with Gasteiger partial charge in [0.05, 0.1) is 12.1 Å². The van der Waals surface area contributed by atoms with Crippen molar-refractivity contribution in [1.29, 1.82) is 0 Å². The first-order valence-electron chi connectivity index (χ1n) is 10.3. The monoisotopic (exact) mass is 436 g/mol. The van der Waals surface area contributed by atoms with E-state index in [9.17, 15) is 13.2 Å². The SMILES string of the molecule is CC(C)N1CCN(Cc2ccc3[nH]cc(CCN(C=O)OC(C)(C)C)c3c2)S1(=O)=O. The second kappa shape index (κ2) is 8.66. The second-order valence-electron chi connectivity index (χ2n) is 8.94. The molecule has 166 valence electrons. The zero-order valence-electron chi connectivity index (χ0n) is 18.4. The van der Waals surface area contributed by atoms with Gasteiger partial charge in [0, 0.05) is 42.8 Å². The molecule has 2 heterocycles. The quantitative estimate of drug-likeness (QED) is 0.509. The number of hydroxylamine groups is 2. The summed E-state index contributed by atoms with van der Waals surface area (Å²) in [6, 6.07) is 5.91. The molecule has 3 rings (SSSR count). The number of nitrogens with one attached hydrogen (secondary N) is 1. The molecule has 0 bridgehead atoms. The number of aromatic nitrogens is 1. The van der Waals surface area contributed by atoms with Crippen molar-refractivity contribution in [2.75, 3.05) is 19.6 Å². The number of nitrogens with zero attached hydrogens (tertiary/aromatic N) is 3. The van der Waals surface area contributed by atoms with Gasteiger partial charge in [-0.3, -0.25) is 9.63 Å². The fraction of sp³-hybridized carbons (Fsp3) is 0.571. The first kappa shape index (κ1) is 22.7. The third-order valence-corrected chi connectivity index (χ3v) is 7.23. The highest BCUT2D eigenvalue weighted by Gasteiger charge is 2.37. The van der Waals surface area contributed by atoms with Crippen LogP contribution in [0.4, 0.5) is 0 Å². The van der Waals surface area contributed by atoms with Crippen molar-refractivity contribution in [1.82, 2.24) is 18.7 Å². The maximum atomic E-state index is 12.7. The van der Waals surface area contributed by atoms with Crippen LogP contribution in [0.2, 0.25) is 0 Å². The van der Waals surface area contributed by atoms with Gasteiger partial charge in [0.15, 0.2) is 0 Å². The molecule has 1 fully saturated rings. The highest BCUT2D eigenvalue weighted by atomic mass is 32.2. The molecule has 8 nitrogen and oxygen atoms in total. The molecular formula is C21H32N4O4S. The Bertz CT molecular complexity index is 994. The van der Waals surface area contributed by atoms with Crippen LogP contribution in [-0.4, -0.2) is 64.8 Å². The van der Waals surface area contributed by atoms with Crippen LogP contribution < -0.4 is 0 Å². The van der Waals surface area contributed by atoms with E-state index in [4.69, 9.17) is 4.84 Å². The number of hydrogen-bond acceptors (Lipinski definition) is 4. The van der Waals surface area contributed by atoms with Gasteiger partial charge in [0.25, 0.3) is 10.2 Å². The predicted molar refractivity (Wildman–Crippen MR) is 117 cm³/mol. The minimum Gasteiger partial charge on any atom is -0.361 e. The number of carbonyl (C=O) groups excluding carboxylic acids is 1. The molecule has 1 N–H and O–H groups in total. The lowest BCUT2D eigenvalue weighted by molar-refractivity contribution is -0.215. The van der Waals surface area contributed by atoms with Crippen molar-refractivity contribution in [3.05, 3.63) is 35.5 Å². The number of rotatable bonds is 8. The van der Waals surface area contributed by atoms with Gasteiger partial charge in [-0.15, -0.1) is 0 Å². The Balaban J connectivity index is 1.74. The summed E-state index contributed by atoms with van der Waals surface area (Å²) in [7, 11) is -3.42. The van der Waals surface area contributed by atoms with Crippen LogP contribution in [0.1, 0.15) is 45.7 Å². The van der Waals surface area contributed by atoms with Crippen LogP contribution in [-0.2, 0) is 32.8 Å². The van der Waals surface area contributed by atoms with Gasteiger partial charge in [-0.2, -0.15) is 17.0 Å². The highest BCUT2D eigenvalue weighted by Crippen LogP contribution is 2.25. The van der Waals surface area contributed by atoms with E-state index in [2.05, 4.69) is 4.98 Å². The maximum absolute atomic E-state index is 12.7. The number of fused-ring (bicyclic) bond motifs is 1. The molecule has 0 atom stereocenters. The summed E-state index contributed by atoms with van der Waals surface area (Å²) in [5, 5.41) is 2.35. The molecule has 0 saturated carbocycles. The Morgan fingerprint density at radius 3 is 2.60 bits per heavy atom. The zero-order chi connectivity index (χ0) is 22.1. The van der Waals surface area contributed by atoms with Crippen molar-refractivity contribution in [3.8, 4) is 0 Å². The number of hydrogen-bond donors (Lipinski definition) is 1. The summed E-state index contributed by atoms with van der Waals surface area (Å²) < 4.78 is 28.5. The number of carbonyl (C=O) groups is 1. The van der Waals surface area contributed by atoms with Crippen molar-refractivity contribution in [2.24, 2.45) is 0 Å². The van der Waals surface area contributed by atoms with Crippen molar-refractivity contribution in [2.45, 2.75) is 59.2 Å². The Kier molecular flexibility index (Phi) is 6.57. The van der Waals surface area contributed by atoms with Crippen molar-refractivity contribution in [3.63, 3.8) is 0 Å². The van der Waals surface area contributed by atoms with E-state index in [0.29, 0.717) is 39.0 Å². The molecule has 0 radical (unpaired) electrons. The molecule has 9 heteroatoms. The van der Waals surface area contributed by atoms with E-state index in [0.717, 1.165) is 22.0 Å². The molecular weight excluding hydrogens is 404 g/mol. The van der Waals surface area contributed by atoms with E-state index in [-0.39, 0.29) is 6.04 Å². The Hall–Kier alpha value is -1.94. The normalized spacial score (nSPS) is 17.8. The standard InChI is InChI=1S/C21H32N4O4S/c1-16(2)25-11-10-24(30(25,27)28)14-17-6-7-20-19(12-17)18(13-22-20)8-9-23(15-26)29-21(3,4)5/h6-7,12-13,15-16,22H,8-11,14H2,1-5H3. The van der Waals surface area contributed by atoms with Gasteiger partial charge in [-0.05, 0) is 64.3 Å². The molecule has 2 aromatic rings. The van der Waals surface area contributed by atoms with E-state index < -0.39 is 15.8 Å². The summed E-state index contributed by atoms with van der Waals surface area (Å²) >= 11 is 0. The van der Waals surface area contributed by atoms with Crippen molar-refractivity contribution < 1.29 is 18.0 Å². The van der Waals surface area contributed by atoms with Crippen LogP contribution in [0.3, 0.4) is 0 Å². The van der Waals surface area contributed by atoms with E-state index in [1.807, 2.05) is 59.0 Å². The first-order valence-corrected chi connectivity index (χ1v) is 11.7. The Morgan fingerprint density at radius 1 is 1.27 bits per heavy atom. The molecule has 0 unspecified atom stereocenters. The van der Waals surface area contributed by atoms with Gasteiger partial charge in [-0.1, -0.05) is 6.07 Å². The Morgan fingerprint density at radius 2 is 2.00 bits per heavy atom. The summed E-state index contributed by atoms with van der Waals surface area (Å²) in [5.41, 5.74) is 2.54. The lowest BCUT2D eigenvalue weighted by Gasteiger charge is -2.26. The number of H-pyrrole nitrogens is 1. The maximum Gasteiger partial charge on any atom is 0.282 e. The average molecular weight is 437 g/mol. The van der Waals surface area contributed by atoms with Gasteiger partial charge in [0.1, 0.15) is 0 Å². The molecule has 0 aliphatic carbocycles. The Labute approximate surface area is 178 Å². The smallest absolute Gasteiger partial charge is 0.282 e. The van der Waals surface area contributed by atoms with Gasteiger partial charge < -0.3 is 4.98 Å². The summed E-state index contributed by atoms with van der Waals surface area (Å²) in [6.45, 7) is 11.3. The fourth-order valence-corrected chi connectivity index (χ4v) is 5.48. The minimum absolute atomic E-state index is 0.0464. The van der Waals surface area contributed by atoms with E-state index in [1.165, 1.54) is 13.7 Å². The second-order valence-corrected chi connectivity index (χ2v) is 10.8. The fourth-order valence-electron chi connectivity index (χ4n) is 3.71. The molecule has 1 aromatic heterocycles. The van der Waals surface area contributed by atoms with Crippen LogP contribution in [0.5, 0.6) is 0 Å². The number of amides is 1. The van der Waals surface area contributed by atoms with Crippen molar-refractivity contribution >= 4 is 27.5 Å². The lowest BCUT2D eigenvalue weighted by atomic mass is 10.1. The third-order valence-electron chi connectivity index (χ3n) is 5.07. The molecule has 1 aromatic carbocycles. The third kappa shape index (κ3) is 5.03. The molecule has 30 heavy (non-hydrogen) atoms. The van der Waals surface area contributed by atoms with E-state index >= 15 is 0 Å². The molecule has 0 spiro atoms. The topological polar surface area (TPSA) is 85.9 Å². The van der Waals surface area contributed by atoms with Gasteiger partial charge in [-0.25, -0.2) is 5.06 Å². The zero-order valence-corrected chi connectivity index (χ0v) is 19.2. The minimum atomic E-state index is -3.42. The first-order chi connectivity index (χ1) is 14.0. The lowest BCUT2D eigenvalue weighted by Crippen LogP contribution is -2.36. The van der Waals surface area contributed by atoms with Gasteiger partial charge in [0.2, 0.25) is 6.41 Å². The number of aromatic amines is 1. The molecule has 1 aliphatic heterocycles. The molecule has 1 saturated heterocycles. The van der Waals surface area contributed by atoms with Crippen LogP contribution in [0.15, 0.2) is 24.4 Å². The highest BCUT2D eigenvalue weighted by molar-refractivity contribution is 7.87. The molecule has 1 aliphatic rings. The summed E-state index contributed by atoms with van der Waals surface area (Å²) in [6.07, 6.45) is 3.26. The average Bonchev–Trinajstić information content (AvgIpc) is 3.18. The van der Waals surface area contributed by atoms with Gasteiger partial charge >= 0.3 is 0 Å². The summed E-state index contributed by atoms with van der Waals surface area (Å²) in [4.78, 5) is 20.2. The van der Waals surface area contributed by atoms with Crippen LogP contribution in [0.25, 0.3) is 10.9 Å².